The molecule has 0 saturated carbocycles. The van der Waals surface area contributed by atoms with E-state index in [1.54, 1.807) is 0 Å². The van der Waals surface area contributed by atoms with E-state index in [2.05, 4.69) is 40.9 Å². The van der Waals surface area contributed by atoms with E-state index in [1.807, 2.05) is 6.92 Å². The van der Waals surface area contributed by atoms with Crippen LogP contribution in [0.3, 0.4) is 0 Å². The first-order valence-electron chi connectivity index (χ1n) is 7.09. The Kier molecular flexibility index (Phi) is 3.17. The lowest BCUT2D eigenvalue weighted by Crippen LogP contribution is -2.43. The molecule has 0 aliphatic carbocycles. The maximum absolute atomic E-state index is 6.00. The average Bonchev–Trinajstić information content (AvgIpc) is 2.62. The number of allylic oxidation sites excluding steroid dienone is 1. The van der Waals surface area contributed by atoms with Gasteiger partial charge in [-0.3, -0.25) is 0 Å². The van der Waals surface area contributed by atoms with E-state index in [0.29, 0.717) is 12.0 Å². The standard InChI is InChI=1S/C15H21N3O/c1-10(2)13-14-15(17-11(3)16-13)18-8-6-4-5-7-12(18)9-19-14/h4,6,10,12H,5,7-9H2,1-3H3. The minimum absolute atomic E-state index is 0.356. The molecule has 2 aliphatic heterocycles. The first-order chi connectivity index (χ1) is 9.16. The van der Waals surface area contributed by atoms with E-state index in [1.165, 1.54) is 0 Å². The first-order valence-corrected chi connectivity index (χ1v) is 7.09. The number of ether oxygens (including phenoxy) is 1. The quantitative estimate of drug-likeness (QED) is 0.727. The average molecular weight is 259 g/mol. The van der Waals surface area contributed by atoms with Gasteiger partial charge in [-0.1, -0.05) is 26.0 Å². The Hall–Kier alpha value is -1.58. The number of rotatable bonds is 1. The van der Waals surface area contributed by atoms with E-state index < -0.39 is 0 Å². The number of hydrogen-bond donors (Lipinski definition) is 0. The maximum Gasteiger partial charge on any atom is 0.183 e. The van der Waals surface area contributed by atoms with Crippen LogP contribution in [0.5, 0.6) is 5.75 Å². The van der Waals surface area contributed by atoms with Gasteiger partial charge in [-0.15, -0.1) is 0 Å². The summed E-state index contributed by atoms with van der Waals surface area (Å²) in [5.74, 6) is 3.07. The summed E-state index contributed by atoms with van der Waals surface area (Å²) in [7, 11) is 0. The first kappa shape index (κ1) is 12.5. The third kappa shape index (κ3) is 2.20. The lowest BCUT2D eigenvalue weighted by molar-refractivity contribution is 0.251. The van der Waals surface area contributed by atoms with Crippen molar-refractivity contribution >= 4 is 5.82 Å². The fourth-order valence-electron chi connectivity index (χ4n) is 2.80. The Bertz CT molecular complexity index is 510. The topological polar surface area (TPSA) is 38.2 Å². The largest absolute Gasteiger partial charge is 0.486 e. The third-order valence-electron chi connectivity index (χ3n) is 3.80. The van der Waals surface area contributed by atoms with Crippen molar-refractivity contribution in [1.82, 2.24) is 9.97 Å². The molecule has 0 saturated heterocycles. The zero-order chi connectivity index (χ0) is 13.4. The van der Waals surface area contributed by atoms with Crippen molar-refractivity contribution in [2.45, 2.75) is 45.6 Å². The summed E-state index contributed by atoms with van der Waals surface area (Å²) in [6, 6.07) is 0.441. The van der Waals surface area contributed by atoms with E-state index in [9.17, 15) is 0 Å². The van der Waals surface area contributed by atoms with Crippen LogP contribution in [-0.4, -0.2) is 29.2 Å². The number of fused-ring (bicyclic) bond motifs is 3. The molecule has 2 aliphatic rings. The molecular weight excluding hydrogens is 238 g/mol. The normalized spacial score (nSPS) is 21.7. The van der Waals surface area contributed by atoms with Gasteiger partial charge in [-0.05, 0) is 25.7 Å². The molecule has 0 amide bonds. The van der Waals surface area contributed by atoms with Crippen molar-refractivity contribution in [3.63, 3.8) is 0 Å². The van der Waals surface area contributed by atoms with Crippen molar-refractivity contribution in [3.05, 3.63) is 23.7 Å². The highest BCUT2D eigenvalue weighted by molar-refractivity contribution is 5.58. The number of nitrogens with zero attached hydrogens (tertiary/aromatic N) is 3. The molecule has 0 fully saturated rings. The summed E-state index contributed by atoms with van der Waals surface area (Å²) in [6.07, 6.45) is 6.76. The molecule has 4 nitrogen and oxygen atoms in total. The molecule has 19 heavy (non-hydrogen) atoms. The molecule has 0 bridgehead atoms. The van der Waals surface area contributed by atoms with Gasteiger partial charge in [-0.2, -0.15) is 0 Å². The summed E-state index contributed by atoms with van der Waals surface area (Å²) in [6.45, 7) is 7.94. The van der Waals surface area contributed by atoms with Gasteiger partial charge < -0.3 is 9.64 Å². The maximum atomic E-state index is 6.00. The molecule has 3 rings (SSSR count). The molecular formula is C15H21N3O. The molecule has 4 heteroatoms. The van der Waals surface area contributed by atoms with Crippen LogP contribution in [0, 0.1) is 6.92 Å². The van der Waals surface area contributed by atoms with Gasteiger partial charge in [0, 0.05) is 6.54 Å². The van der Waals surface area contributed by atoms with E-state index in [0.717, 1.165) is 49.1 Å². The minimum atomic E-state index is 0.356. The Morgan fingerprint density at radius 1 is 1.32 bits per heavy atom. The molecule has 1 aromatic rings. The smallest absolute Gasteiger partial charge is 0.183 e. The molecule has 0 radical (unpaired) electrons. The number of aryl methyl sites for hydroxylation is 1. The molecule has 1 atom stereocenters. The van der Waals surface area contributed by atoms with E-state index in [4.69, 9.17) is 4.74 Å². The molecule has 0 spiro atoms. The molecule has 3 heterocycles. The third-order valence-corrected chi connectivity index (χ3v) is 3.80. The van der Waals surface area contributed by atoms with Crippen molar-refractivity contribution in [1.29, 1.82) is 0 Å². The monoisotopic (exact) mass is 259 g/mol. The van der Waals surface area contributed by atoms with Crippen LogP contribution in [0.2, 0.25) is 0 Å². The minimum Gasteiger partial charge on any atom is -0.486 e. The zero-order valence-electron chi connectivity index (χ0n) is 11.9. The van der Waals surface area contributed by atoms with Gasteiger partial charge >= 0.3 is 0 Å². The highest BCUT2D eigenvalue weighted by Gasteiger charge is 2.31. The van der Waals surface area contributed by atoms with Gasteiger partial charge in [-0.25, -0.2) is 9.97 Å². The van der Waals surface area contributed by atoms with Crippen LogP contribution < -0.4 is 9.64 Å². The highest BCUT2D eigenvalue weighted by Crippen LogP contribution is 2.38. The Labute approximate surface area is 114 Å². The van der Waals surface area contributed by atoms with Gasteiger partial charge in [0.1, 0.15) is 12.4 Å². The zero-order valence-corrected chi connectivity index (χ0v) is 11.9. The highest BCUT2D eigenvalue weighted by atomic mass is 16.5. The molecule has 1 aromatic heterocycles. The molecule has 1 unspecified atom stereocenters. The lowest BCUT2D eigenvalue weighted by atomic mass is 10.1. The Morgan fingerprint density at radius 2 is 2.16 bits per heavy atom. The summed E-state index contributed by atoms with van der Waals surface area (Å²) in [5.41, 5.74) is 1.04. The van der Waals surface area contributed by atoms with Gasteiger partial charge in [0.05, 0.1) is 11.7 Å². The van der Waals surface area contributed by atoms with Gasteiger partial charge in [0.2, 0.25) is 0 Å². The number of hydrogen-bond acceptors (Lipinski definition) is 4. The summed E-state index contributed by atoms with van der Waals surface area (Å²) < 4.78 is 6.00. The Balaban J connectivity index is 2.08. The van der Waals surface area contributed by atoms with Crippen LogP contribution in [0.4, 0.5) is 5.82 Å². The van der Waals surface area contributed by atoms with Crippen molar-refractivity contribution in [2.75, 3.05) is 18.1 Å². The second-order valence-corrected chi connectivity index (χ2v) is 5.63. The summed E-state index contributed by atoms with van der Waals surface area (Å²) >= 11 is 0. The van der Waals surface area contributed by atoms with Crippen LogP contribution in [0.1, 0.15) is 44.1 Å². The van der Waals surface area contributed by atoms with Crippen LogP contribution in [0.25, 0.3) is 0 Å². The van der Waals surface area contributed by atoms with Crippen molar-refractivity contribution in [2.24, 2.45) is 0 Å². The van der Waals surface area contributed by atoms with Crippen molar-refractivity contribution in [3.8, 4) is 5.75 Å². The van der Waals surface area contributed by atoms with Crippen LogP contribution in [-0.2, 0) is 0 Å². The van der Waals surface area contributed by atoms with Gasteiger partial charge in [0.25, 0.3) is 0 Å². The van der Waals surface area contributed by atoms with E-state index in [-0.39, 0.29) is 0 Å². The SMILES string of the molecule is Cc1nc(C(C)C)c2c(n1)N1CC=CCCC1CO2. The predicted octanol–water partition coefficient (Wildman–Crippen LogP) is 2.83. The number of aromatic nitrogens is 2. The van der Waals surface area contributed by atoms with Gasteiger partial charge in [0.15, 0.2) is 11.6 Å². The second-order valence-electron chi connectivity index (χ2n) is 5.63. The molecule has 0 N–H and O–H groups in total. The molecule has 102 valence electrons. The fraction of sp³-hybridized carbons (Fsp3) is 0.600. The Morgan fingerprint density at radius 3 is 2.95 bits per heavy atom. The summed E-state index contributed by atoms with van der Waals surface area (Å²) in [5, 5.41) is 0. The molecule has 0 aromatic carbocycles. The van der Waals surface area contributed by atoms with E-state index >= 15 is 0 Å². The van der Waals surface area contributed by atoms with Crippen molar-refractivity contribution < 1.29 is 4.74 Å². The second kappa shape index (κ2) is 4.83. The fourth-order valence-corrected chi connectivity index (χ4v) is 2.80. The lowest BCUT2D eigenvalue weighted by Gasteiger charge is -2.37. The number of anilines is 1. The van der Waals surface area contributed by atoms with Crippen LogP contribution in [0.15, 0.2) is 12.2 Å². The summed E-state index contributed by atoms with van der Waals surface area (Å²) in [4.78, 5) is 11.6. The van der Waals surface area contributed by atoms with Crippen LogP contribution >= 0.6 is 0 Å². The predicted molar refractivity (Wildman–Crippen MR) is 75.9 cm³/mol.